The first-order chi connectivity index (χ1) is 16.4. The van der Waals surface area contributed by atoms with Crippen molar-refractivity contribution in [2.24, 2.45) is 11.8 Å². The van der Waals surface area contributed by atoms with Crippen molar-refractivity contribution in [1.29, 1.82) is 0 Å². The molecule has 200 valence electrons. The van der Waals surface area contributed by atoms with Gasteiger partial charge in [0.1, 0.15) is 0 Å². The monoisotopic (exact) mass is 588 g/mol. The SMILES string of the molecule is CCCCCC/C(=[CH]/[Sn]([CH2]CCC)([CH2]CCC)[CH2]CCC)C(C)C(C(=O)OCC)C(=O)OCC. The Hall–Kier alpha value is -0.521. The second-order valence-corrected chi connectivity index (χ2v) is 22.9. The second kappa shape index (κ2) is 20.6. The van der Waals surface area contributed by atoms with Gasteiger partial charge in [-0.05, 0) is 0 Å². The van der Waals surface area contributed by atoms with E-state index in [1.165, 1.54) is 76.7 Å². The summed E-state index contributed by atoms with van der Waals surface area (Å²) in [6, 6.07) is 0. The number of carbonyl (C=O) groups is 2. The van der Waals surface area contributed by atoms with E-state index in [1.807, 2.05) is 0 Å². The molecule has 0 heterocycles. The van der Waals surface area contributed by atoms with E-state index in [4.69, 9.17) is 9.47 Å². The van der Waals surface area contributed by atoms with Crippen LogP contribution in [0.5, 0.6) is 0 Å². The van der Waals surface area contributed by atoms with Gasteiger partial charge in [0.2, 0.25) is 0 Å². The summed E-state index contributed by atoms with van der Waals surface area (Å²) in [5, 5.41) is 0. The van der Waals surface area contributed by atoms with Gasteiger partial charge in [-0.15, -0.1) is 0 Å². The van der Waals surface area contributed by atoms with Gasteiger partial charge in [0.05, 0.1) is 0 Å². The standard InChI is InChI=1S/C17H29O4.3C4H9.Sn/c1-6-9-10-11-12-13(4)14(5)15(16(18)20-7-2)17(19)21-8-3;3*1-3-4-2;/h4,14-15H,6-12H2,1-3,5H3;3*1,3-4H2,2H3;. The van der Waals surface area contributed by atoms with Crippen molar-refractivity contribution in [1.82, 2.24) is 0 Å². The second-order valence-electron chi connectivity index (χ2n) is 9.97. The zero-order valence-electron chi connectivity index (χ0n) is 23.7. The van der Waals surface area contributed by atoms with E-state index in [0.29, 0.717) is 0 Å². The molecule has 0 saturated heterocycles. The molecule has 0 aromatic carbocycles. The Kier molecular flexibility index (Phi) is 20.3. The third-order valence-electron chi connectivity index (χ3n) is 7.06. The normalized spacial score (nSPS) is 13.2. The molecule has 4 nitrogen and oxygen atoms in total. The summed E-state index contributed by atoms with van der Waals surface area (Å²) in [7, 11) is 0. The van der Waals surface area contributed by atoms with Gasteiger partial charge in [0.15, 0.2) is 0 Å². The van der Waals surface area contributed by atoms with Crippen molar-refractivity contribution in [3.05, 3.63) is 9.67 Å². The van der Waals surface area contributed by atoms with Crippen LogP contribution in [0, 0.1) is 11.8 Å². The Morgan fingerprint density at radius 1 is 0.676 bits per heavy atom. The molecule has 0 radical (unpaired) electrons. The molecule has 34 heavy (non-hydrogen) atoms. The Bertz CT molecular complexity index is 533. The average molecular weight is 587 g/mol. The molecule has 0 N–H and O–H groups in total. The molecule has 0 aromatic heterocycles. The Morgan fingerprint density at radius 3 is 1.50 bits per heavy atom. The van der Waals surface area contributed by atoms with Crippen molar-refractivity contribution in [3.63, 3.8) is 0 Å². The van der Waals surface area contributed by atoms with Crippen molar-refractivity contribution < 1.29 is 19.1 Å². The van der Waals surface area contributed by atoms with Gasteiger partial charge in [0.25, 0.3) is 0 Å². The van der Waals surface area contributed by atoms with Crippen LogP contribution in [-0.2, 0) is 19.1 Å². The predicted octanol–water partition coefficient (Wildman–Crippen LogP) is 8.65. The Morgan fingerprint density at radius 2 is 1.12 bits per heavy atom. The van der Waals surface area contributed by atoms with Crippen LogP contribution in [0.25, 0.3) is 0 Å². The van der Waals surface area contributed by atoms with E-state index in [0.717, 1.165) is 12.8 Å². The zero-order valence-corrected chi connectivity index (χ0v) is 26.5. The third kappa shape index (κ3) is 13.0. The molecular formula is C29H56O4Sn. The van der Waals surface area contributed by atoms with Crippen molar-refractivity contribution >= 4 is 30.3 Å². The Balaban J connectivity index is 6.38. The molecule has 0 aliphatic carbocycles. The summed E-state index contributed by atoms with van der Waals surface area (Å²) < 4.78 is 17.6. The molecule has 0 aliphatic rings. The molecule has 0 aliphatic heterocycles. The van der Waals surface area contributed by atoms with Gasteiger partial charge in [0, 0.05) is 0 Å². The number of hydrogen-bond donors (Lipinski definition) is 0. The predicted molar refractivity (Wildman–Crippen MR) is 148 cm³/mol. The van der Waals surface area contributed by atoms with Crippen LogP contribution in [0.3, 0.4) is 0 Å². The van der Waals surface area contributed by atoms with E-state index < -0.39 is 36.2 Å². The van der Waals surface area contributed by atoms with Gasteiger partial charge in [-0.2, -0.15) is 0 Å². The first-order valence-corrected chi connectivity index (χ1v) is 22.1. The van der Waals surface area contributed by atoms with Crippen LogP contribution in [0.1, 0.15) is 119 Å². The van der Waals surface area contributed by atoms with Crippen LogP contribution in [0.2, 0.25) is 13.3 Å². The first-order valence-electron chi connectivity index (χ1n) is 14.4. The minimum absolute atomic E-state index is 0.166. The molecule has 0 bridgehead atoms. The van der Waals surface area contributed by atoms with Gasteiger partial charge in [-0.3, -0.25) is 0 Å². The number of rotatable bonds is 21. The van der Waals surface area contributed by atoms with Crippen LogP contribution in [-0.4, -0.2) is 43.5 Å². The molecule has 1 atom stereocenters. The molecule has 5 heteroatoms. The van der Waals surface area contributed by atoms with Crippen LogP contribution in [0.4, 0.5) is 0 Å². The summed E-state index contributed by atoms with van der Waals surface area (Å²) >= 11 is -2.60. The number of unbranched alkanes of at least 4 members (excludes halogenated alkanes) is 6. The van der Waals surface area contributed by atoms with E-state index in [1.54, 1.807) is 13.8 Å². The number of esters is 2. The number of ether oxygens (including phenoxy) is 2. The van der Waals surface area contributed by atoms with E-state index in [9.17, 15) is 9.59 Å². The van der Waals surface area contributed by atoms with Crippen LogP contribution < -0.4 is 0 Å². The molecule has 0 aromatic rings. The molecule has 0 rings (SSSR count). The average Bonchev–Trinajstić information content (AvgIpc) is 2.82. The quantitative estimate of drug-likeness (QED) is 0.0584. The maximum absolute atomic E-state index is 12.9. The fraction of sp³-hybridized carbons (Fsp3) is 0.862. The van der Waals surface area contributed by atoms with E-state index >= 15 is 0 Å². The molecule has 0 fully saturated rings. The molecule has 0 spiro atoms. The minimum atomic E-state index is -2.60. The number of hydrogen-bond acceptors (Lipinski definition) is 4. The molecular weight excluding hydrogens is 531 g/mol. The summed E-state index contributed by atoms with van der Waals surface area (Å²) in [5.41, 5.74) is 1.35. The Labute approximate surface area is 215 Å². The summed E-state index contributed by atoms with van der Waals surface area (Å²) in [6.07, 6.45) is 13.4. The fourth-order valence-corrected chi connectivity index (χ4v) is 20.8. The molecule has 0 saturated carbocycles. The van der Waals surface area contributed by atoms with Gasteiger partial charge >= 0.3 is 216 Å². The number of allylic oxidation sites excluding steroid dienone is 1. The van der Waals surface area contributed by atoms with Crippen LogP contribution >= 0.6 is 0 Å². The van der Waals surface area contributed by atoms with E-state index in [2.05, 4.69) is 38.7 Å². The maximum atomic E-state index is 12.9. The zero-order chi connectivity index (χ0) is 25.8. The fourth-order valence-electron chi connectivity index (χ4n) is 4.94. The van der Waals surface area contributed by atoms with Gasteiger partial charge < -0.3 is 0 Å². The van der Waals surface area contributed by atoms with Crippen molar-refractivity contribution in [2.75, 3.05) is 13.2 Å². The van der Waals surface area contributed by atoms with Crippen molar-refractivity contribution in [2.45, 2.75) is 132 Å². The summed E-state index contributed by atoms with van der Waals surface area (Å²) in [4.78, 5) is 25.9. The first kappa shape index (κ1) is 33.5. The van der Waals surface area contributed by atoms with Crippen LogP contribution in [0.15, 0.2) is 9.67 Å². The summed E-state index contributed by atoms with van der Waals surface area (Å²) in [5.74, 6) is -1.88. The van der Waals surface area contributed by atoms with Gasteiger partial charge in [-0.25, -0.2) is 0 Å². The van der Waals surface area contributed by atoms with Gasteiger partial charge in [-0.1, -0.05) is 0 Å². The van der Waals surface area contributed by atoms with Crippen molar-refractivity contribution in [3.8, 4) is 0 Å². The molecule has 1 unspecified atom stereocenters. The van der Waals surface area contributed by atoms with E-state index in [-0.39, 0.29) is 19.1 Å². The summed E-state index contributed by atoms with van der Waals surface area (Å²) in [6.45, 7) is 15.4. The molecule has 0 amide bonds. The third-order valence-corrected chi connectivity index (χ3v) is 21.4. The topological polar surface area (TPSA) is 52.6 Å². The number of carbonyl (C=O) groups excluding carboxylic acids is 2.